The van der Waals surface area contributed by atoms with Gasteiger partial charge in [-0.15, -0.1) is 0 Å². The SMILES string of the molecule is CN(CC1CC2CCC1C2)c1ccc(F)cc1C#N. The van der Waals surface area contributed by atoms with Crippen LogP contribution >= 0.6 is 0 Å². The maximum atomic E-state index is 13.2. The molecule has 0 aromatic heterocycles. The Morgan fingerprint density at radius 1 is 1.37 bits per heavy atom. The van der Waals surface area contributed by atoms with Gasteiger partial charge in [0, 0.05) is 13.6 Å². The van der Waals surface area contributed by atoms with Gasteiger partial charge in [-0.25, -0.2) is 4.39 Å². The summed E-state index contributed by atoms with van der Waals surface area (Å²) in [6.45, 7) is 0.988. The zero-order valence-electron chi connectivity index (χ0n) is 11.3. The number of rotatable bonds is 3. The maximum Gasteiger partial charge on any atom is 0.124 e. The van der Waals surface area contributed by atoms with E-state index < -0.39 is 0 Å². The average molecular weight is 258 g/mol. The van der Waals surface area contributed by atoms with Gasteiger partial charge < -0.3 is 4.90 Å². The average Bonchev–Trinajstić information content (AvgIpc) is 3.00. The van der Waals surface area contributed by atoms with Crippen LogP contribution in [0, 0.1) is 34.9 Å². The summed E-state index contributed by atoms with van der Waals surface area (Å²) in [6.07, 6.45) is 5.51. The van der Waals surface area contributed by atoms with Crippen LogP contribution in [0.15, 0.2) is 18.2 Å². The van der Waals surface area contributed by atoms with E-state index in [9.17, 15) is 4.39 Å². The summed E-state index contributed by atoms with van der Waals surface area (Å²) in [7, 11) is 2.01. The Kier molecular flexibility index (Phi) is 3.18. The molecule has 3 rings (SSSR count). The van der Waals surface area contributed by atoms with Crippen molar-refractivity contribution in [3.05, 3.63) is 29.6 Å². The maximum absolute atomic E-state index is 13.2. The number of nitriles is 1. The minimum atomic E-state index is -0.339. The first-order chi connectivity index (χ1) is 9.17. The van der Waals surface area contributed by atoms with Gasteiger partial charge in [0.1, 0.15) is 11.9 Å². The number of nitrogens with zero attached hydrogens (tertiary/aromatic N) is 2. The topological polar surface area (TPSA) is 27.0 Å². The lowest BCUT2D eigenvalue weighted by Crippen LogP contribution is -2.29. The van der Waals surface area contributed by atoms with Gasteiger partial charge in [0.15, 0.2) is 0 Å². The van der Waals surface area contributed by atoms with Crippen LogP contribution in [0.4, 0.5) is 10.1 Å². The van der Waals surface area contributed by atoms with E-state index in [2.05, 4.69) is 11.0 Å². The second-order valence-electron chi connectivity index (χ2n) is 6.09. The van der Waals surface area contributed by atoms with Crippen LogP contribution in [-0.4, -0.2) is 13.6 Å². The molecule has 0 saturated heterocycles. The van der Waals surface area contributed by atoms with E-state index in [1.165, 1.54) is 37.8 Å². The van der Waals surface area contributed by atoms with Gasteiger partial charge >= 0.3 is 0 Å². The molecule has 100 valence electrons. The van der Waals surface area contributed by atoms with Crippen LogP contribution in [-0.2, 0) is 0 Å². The molecule has 2 aliphatic rings. The number of fused-ring (bicyclic) bond motifs is 2. The first kappa shape index (κ1) is 12.5. The van der Waals surface area contributed by atoms with E-state index >= 15 is 0 Å². The Bertz CT molecular complexity index is 520. The van der Waals surface area contributed by atoms with Gasteiger partial charge in [-0.3, -0.25) is 0 Å². The molecular weight excluding hydrogens is 239 g/mol. The predicted octanol–water partition coefficient (Wildman–Crippen LogP) is 3.57. The van der Waals surface area contributed by atoms with Crippen molar-refractivity contribution >= 4 is 5.69 Å². The minimum Gasteiger partial charge on any atom is -0.373 e. The Balaban J connectivity index is 1.74. The summed E-state index contributed by atoms with van der Waals surface area (Å²) in [5.41, 5.74) is 1.29. The minimum absolute atomic E-state index is 0.339. The second kappa shape index (κ2) is 4.85. The molecule has 0 spiro atoms. The van der Waals surface area contributed by atoms with Gasteiger partial charge in [-0.05, 0) is 55.2 Å². The zero-order chi connectivity index (χ0) is 13.4. The molecule has 2 bridgehead atoms. The normalized spacial score (nSPS) is 28.4. The van der Waals surface area contributed by atoms with Crippen molar-refractivity contribution in [2.75, 3.05) is 18.5 Å². The van der Waals surface area contributed by atoms with E-state index in [1.54, 1.807) is 6.07 Å². The van der Waals surface area contributed by atoms with E-state index in [0.29, 0.717) is 5.56 Å². The zero-order valence-corrected chi connectivity index (χ0v) is 11.3. The highest BCUT2D eigenvalue weighted by molar-refractivity contribution is 5.59. The highest BCUT2D eigenvalue weighted by Gasteiger charge is 2.39. The fourth-order valence-electron chi connectivity index (χ4n) is 3.98. The lowest BCUT2D eigenvalue weighted by Gasteiger charge is -2.29. The van der Waals surface area contributed by atoms with Crippen molar-refractivity contribution in [1.82, 2.24) is 0 Å². The highest BCUT2D eigenvalue weighted by atomic mass is 19.1. The number of anilines is 1. The fraction of sp³-hybridized carbons (Fsp3) is 0.562. The Hall–Kier alpha value is -1.56. The smallest absolute Gasteiger partial charge is 0.124 e. The summed E-state index contributed by atoms with van der Waals surface area (Å²) < 4.78 is 13.2. The lowest BCUT2D eigenvalue weighted by atomic mass is 9.88. The molecule has 0 aliphatic heterocycles. The molecule has 3 unspecified atom stereocenters. The molecule has 0 amide bonds. The van der Waals surface area contributed by atoms with Crippen LogP contribution in [0.5, 0.6) is 0 Å². The fourth-order valence-corrected chi connectivity index (χ4v) is 3.98. The largest absolute Gasteiger partial charge is 0.373 e. The molecule has 2 aliphatic carbocycles. The molecule has 2 fully saturated rings. The van der Waals surface area contributed by atoms with Crippen LogP contribution in [0.25, 0.3) is 0 Å². The van der Waals surface area contributed by atoms with E-state index in [-0.39, 0.29) is 5.82 Å². The van der Waals surface area contributed by atoms with Crippen molar-refractivity contribution in [1.29, 1.82) is 5.26 Å². The van der Waals surface area contributed by atoms with Gasteiger partial charge in [-0.1, -0.05) is 6.42 Å². The third kappa shape index (κ3) is 2.32. The quantitative estimate of drug-likeness (QED) is 0.828. The number of hydrogen-bond acceptors (Lipinski definition) is 2. The molecule has 2 saturated carbocycles. The van der Waals surface area contributed by atoms with Crippen LogP contribution < -0.4 is 4.90 Å². The monoisotopic (exact) mass is 258 g/mol. The third-order valence-electron chi connectivity index (χ3n) is 4.88. The standard InChI is InChI=1S/C16H19FN2/c1-19(10-14-7-11-2-3-12(14)6-11)16-5-4-15(17)8-13(16)9-18/h4-5,8,11-12,14H,2-3,6-7,10H2,1H3. The van der Waals surface area contributed by atoms with E-state index in [0.717, 1.165) is 30.0 Å². The van der Waals surface area contributed by atoms with Crippen LogP contribution in [0.1, 0.15) is 31.2 Å². The Morgan fingerprint density at radius 2 is 2.21 bits per heavy atom. The molecule has 1 aromatic carbocycles. The number of hydrogen-bond donors (Lipinski definition) is 0. The van der Waals surface area contributed by atoms with Gasteiger partial charge in [0.25, 0.3) is 0 Å². The van der Waals surface area contributed by atoms with Gasteiger partial charge in [-0.2, -0.15) is 5.26 Å². The third-order valence-corrected chi connectivity index (χ3v) is 4.88. The molecule has 0 heterocycles. The summed E-state index contributed by atoms with van der Waals surface area (Å²) in [4.78, 5) is 2.13. The van der Waals surface area contributed by atoms with Crippen molar-refractivity contribution in [3.8, 4) is 6.07 Å². The number of benzene rings is 1. The molecule has 2 nitrogen and oxygen atoms in total. The Labute approximate surface area is 113 Å². The highest BCUT2D eigenvalue weighted by Crippen LogP contribution is 2.48. The van der Waals surface area contributed by atoms with Crippen molar-refractivity contribution in [2.24, 2.45) is 17.8 Å². The summed E-state index contributed by atoms with van der Waals surface area (Å²) >= 11 is 0. The van der Waals surface area contributed by atoms with E-state index in [1.807, 2.05) is 7.05 Å². The van der Waals surface area contributed by atoms with Crippen LogP contribution in [0.3, 0.4) is 0 Å². The molecular formula is C16H19FN2. The second-order valence-corrected chi connectivity index (χ2v) is 6.09. The first-order valence-corrected chi connectivity index (χ1v) is 7.08. The summed E-state index contributed by atoms with van der Waals surface area (Å²) in [5, 5.41) is 9.11. The molecule has 0 radical (unpaired) electrons. The first-order valence-electron chi connectivity index (χ1n) is 7.08. The molecule has 3 atom stereocenters. The van der Waals surface area contributed by atoms with Crippen molar-refractivity contribution < 1.29 is 4.39 Å². The van der Waals surface area contributed by atoms with Crippen LogP contribution in [0.2, 0.25) is 0 Å². The van der Waals surface area contributed by atoms with Gasteiger partial charge in [0.05, 0.1) is 11.3 Å². The lowest BCUT2D eigenvalue weighted by molar-refractivity contribution is 0.337. The van der Waals surface area contributed by atoms with Crippen molar-refractivity contribution in [3.63, 3.8) is 0 Å². The molecule has 1 aromatic rings. The molecule has 0 N–H and O–H groups in total. The van der Waals surface area contributed by atoms with Gasteiger partial charge in [0.2, 0.25) is 0 Å². The number of halogens is 1. The van der Waals surface area contributed by atoms with Crippen molar-refractivity contribution in [2.45, 2.75) is 25.7 Å². The summed E-state index contributed by atoms with van der Waals surface area (Å²) in [5.74, 6) is 2.22. The molecule has 3 heteroatoms. The Morgan fingerprint density at radius 3 is 2.84 bits per heavy atom. The predicted molar refractivity (Wildman–Crippen MR) is 73.3 cm³/mol. The molecule has 19 heavy (non-hydrogen) atoms. The van der Waals surface area contributed by atoms with E-state index in [4.69, 9.17) is 5.26 Å². The summed E-state index contributed by atoms with van der Waals surface area (Å²) in [6, 6.07) is 6.58.